The maximum atomic E-state index is 6.56. The highest BCUT2D eigenvalue weighted by atomic mass is 28.4. The SMILES string of the molecule is C[SiH]1OCCC[Si](C)(CCCOC2CCC(OC3CCC(OCCC[Si]4(C)CCCO[SiH](C)O4)CC3)CC2)O1. The van der Waals surface area contributed by atoms with Gasteiger partial charge in [0.2, 0.25) is 0 Å². The number of hydrogen-bond acceptors (Lipinski definition) is 7. The highest BCUT2D eigenvalue weighted by Gasteiger charge is 2.34. The minimum Gasteiger partial charge on any atom is -0.438 e. The molecule has 2 saturated carbocycles. The fourth-order valence-corrected chi connectivity index (χ4v) is 21.0. The molecule has 4 aliphatic rings. The lowest BCUT2D eigenvalue weighted by Crippen LogP contribution is -2.39. The molecule has 4 atom stereocenters. The first-order valence-electron chi connectivity index (χ1n) is 16.3. The van der Waals surface area contributed by atoms with Crippen LogP contribution in [0.25, 0.3) is 0 Å². The second-order valence-corrected chi connectivity index (χ2v) is 25.7. The Kier molecular flexibility index (Phi) is 13.7. The second-order valence-electron chi connectivity index (χ2n) is 13.1. The van der Waals surface area contributed by atoms with Crippen LogP contribution in [0.4, 0.5) is 0 Å². The summed E-state index contributed by atoms with van der Waals surface area (Å²) in [7, 11) is -5.95. The molecule has 0 radical (unpaired) electrons. The van der Waals surface area contributed by atoms with E-state index in [0.29, 0.717) is 24.4 Å². The summed E-state index contributed by atoms with van der Waals surface area (Å²) in [4.78, 5) is 0. The second kappa shape index (κ2) is 16.4. The molecule has 0 spiro atoms. The number of ether oxygens (including phenoxy) is 3. The topological polar surface area (TPSA) is 64.6 Å². The Labute approximate surface area is 244 Å². The molecule has 2 heterocycles. The molecule has 7 nitrogen and oxygen atoms in total. The molecule has 2 aliphatic carbocycles. The van der Waals surface area contributed by atoms with Gasteiger partial charge in [0, 0.05) is 26.4 Å². The Morgan fingerprint density at radius 3 is 1.41 bits per heavy atom. The quantitative estimate of drug-likeness (QED) is 0.192. The smallest absolute Gasteiger partial charge is 0.307 e. The van der Waals surface area contributed by atoms with Crippen molar-refractivity contribution in [2.24, 2.45) is 0 Å². The van der Waals surface area contributed by atoms with Gasteiger partial charge >= 0.3 is 18.6 Å². The fourth-order valence-electron chi connectivity index (χ4n) is 7.08. The van der Waals surface area contributed by atoms with Crippen molar-refractivity contribution in [3.63, 3.8) is 0 Å². The van der Waals surface area contributed by atoms with Crippen molar-refractivity contribution in [3.8, 4) is 0 Å². The van der Waals surface area contributed by atoms with E-state index in [2.05, 4.69) is 26.2 Å². The van der Waals surface area contributed by atoms with Crippen LogP contribution in [0.5, 0.6) is 0 Å². The zero-order valence-corrected chi connectivity index (χ0v) is 29.8. The zero-order chi connectivity index (χ0) is 27.6. The van der Waals surface area contributed by atoms with Crippen molar-refractivity contribution < 1.29 is 31.3 Å². The first-order valence-corrected chi connectivity index (χ1v) is 26.1. The number of rotatable bonds is 12. The molecule has 2 saturated heterocycles. The van der Waals surface area contributed by atoms with Crippen LogP contribution in [0.3, 0.4) is 0 Å². The molecule has 228 valence electrons. The lowest BCUT2D eigenvalue weighted by Gasteiger charge is -2.35. The van der Waals surface area contributed by atoms with Gasteiger partial charge in [-0.2, -0.15) is 0 Å². The van der Waals surface area contributed by atoms with Crippen LogP contribution in [0.2, 0.25) is 50.4 Å². The Morgan fingerprint density at radius 1 is 0.615 bits per heavy atom. The molecule has 39 heavy (non-hydrogen) atoms. The highest BCUT2D eigenvalue weighted by Crippen LogP contribution is 2.31. The van der Waals surface area contributed by atoms with E-state index >= 15 is 0 Å². The maximum absolute atomic E-state index is 6.56. The van der Waals surface area contributed by atoms with Crippen molar-refractivity contribution in [1.29, 1.82) is 0 Å². The summed E-state index contributed by atoms with van der Waals surface area (Å²) in [5, 5.41) is 0. The minimum atomic E-state index is -1.58. The van der Waals surface area contributed by atoms with E-state index in [1.807, 2.05) is 0 Å². The first kappa shape index (κ1) is 32.5. The van der Waals surface area contributed by atoms with Crippen molar-refractivity contribution in [1.82, 2.24) is 0 Å². The predicted molar refractivity (Wildman–Crippen MR) is 166 cm³/mol. The lowest BCUT2D eigenvalue weighted by molar-refractivity contribution is -0.0875. The summed E-state index contributed by atoms with van der Waals surface area (Å²) in [6.07, 6.45) is 15.5. The number of hydrogen-bond donors (Lipinski definition) is 0. The van der Waals surface area contributed by atoms with Crippen LogP contribution >= 0.6 is 0 Å². The third-order valence-electron chi connectivity index (χ3n) is 9.34. The average Bonchev–Trinajstić information content (AvgIpc) is 3.20. The van der Waals surface area contributed by atoms with E-state index in [4.69, 9.17) is 31.3 Å². The van der Waals surface area contributed by atoms with E-state index in [1.165, 1.54) is 37.0 Å². The molecule has 0 bridgehead atoms. The van der Waals surface area contributed by atoms with E-state index in [-0.39, 0.29) is 0 Å². The van der Waals surface area contributed by atoms with Gasteiger partial charge in [0.05, 0.1) is 24.4 Å². The van der Waals surface area contributed by atoms with Gasteiger partial charge in [-0.05, 0) is 127 Å². The molecule has 11 heteroatoms. The molecule has 2 aliphatic heterocycles. The Bertz CT molecular complexity index is 637. The molecule has 0 N–H and O–H groups in total. The van der Waals surface area contributed by atoms with Crippen LogP contribution in [-0.4, -0.2) is 86.0 Å². The summed E-state index contributed by atoms with van der Waals surface area (Å²) < 4.78 is 43.6. The van der Waals surface area contributed by atoms with Crippen molar-refractivity contribution in [2.45, 2.75) is 152 Å². The first-order chi connectivity index (χ1) is 18.8. The summed E-state index contributed by atoms with van der Waals surface area (Å²) in [5.74, 6) is 0. The Morgan fingerprint density at radius 2 is 1.00 bits per heavy atom. The van der Waals surface area contributed by atoms with Gasteiger partial charge in [0.1, 0.15) is 0 Å². The summed E-state index contributed by atoms with van der Waals surface area (Å²) in [6, 6.07) is 4.91. The molecule has 4 rings (SSSR count). The Balaban J connectivity index is 1.01. The van der Waals surface area contributed by atoms with Gasteiger partial charge in [-0.25, -0.2) is 0 Å². The van der Waals surface area contributed by atoms with Gasteiger partial charge in [-0.1, -0.05) is 0 Å². The van der Waals surface area contributed by atoms with Crippen LogP contribution in [-0.2, 0) is 31.3 Å². The highest BCUT2D eigenvalue weighted by molar-refractivity contribution is 6.78. The Hall–Kier alpha value is 0.588. The van der Waals surface area contributed by atoms with Gasteiger partial charge in [0.25, 0.3) is 0 Å². The van der Waals surface area contributed by atoms with E-state index < -0.39 is 35.2 Å². The predicted octanol–water partition coefficient (Wildman–Crippen LogP) is 6.16. The van der Waals surface area contributed by atoms with Gasteiger partial charge in [-0.15, -0.1) is 0 Å². The van der Waals surface area contributed by atoms with E-state index in [9.17, 15) is 0 Å². The van der Waals surface area contributed by atoms with Crippen molar-refractivity contribution in [2.75, 3.05) is 26.4 Å². The zero-order valence-electron chi connectivity index (χ0n) is 25.5. The molecular weight excluding hydrogens is 561 g/mol. The van der Waals surface area contributed by atoms with Gasteiger partial charge in [0.15, 0.2) is 16.6 Å². The molecule has 0 amide bonds. The molecule has 0 aromatic carbocycles. The lowest BCUT2D eigenvalue weighted by atomic mass is 9.92. The van der Waals surface area contributed by atoms with Crippen molar-refractivity contribution >= 4 is 35.2 Å². The van der Waals surface area contributed by atoms with Crippen molar-refractivity contribution in [3.05, 3.63) is 0 Å². The van der Waals surface area contributed by atoms with Gasteiger partial charge < -0.3 is 31.3 Å². The third-order valence-corrected chi connectivity index (χ3v) is 23.6. The van der Waals surface area contributed by atoms with Gasteiger partial charge in [-0.3, -0.25) is 0 Å². The minimum absolute atomic E-state index is 0.418. The van der Waals surface area contributed by atoms with Crippen LogP contribution in [0.15, 0.2) is 0 Å². The summed E-state index contributed by atoms with van der Waals surface area (Å²) >= 11 is 0. The monoisotopic (exact) mass is 618 g/mol. The fraction of sp³-hybridized carbons (Fsp3) is 1.00. The third kappa shape index (κ3) is 11.7. The average molecular weight is 619 g/mol. The van der Waals surface area contributed by atoms with Crippen LogP contribution in [0, 0.1) is 0 Å². The maximum Gasteiger partial charge on any atom is 0.307 e. The standard InChI is InChI=1S/C28H58O7Si4/c1-36-31-19-7-23-38(3,34-36)21-5-17-29-25-9-13-27(14-10-25)33-28-15-11-26(12-16-28)30-18-6-22-39(4)24-8-20-32-37(2)35-39/h25-28,36-37H,5-24H2,1-4H3. The molecular formula is C28H58O7Si4. The molecule has 4 unspecified atom stereocenters. The van der Waals surface area contributed by atoms with Crippen LogP contribution in [0.1, 0.15) is 77.0 Å². The normalized spacial score (nSPS) is 40.6. The summed E-state index contributed by atoms with van der Waals surface area (Å²) in [5.41, 5.74) is 0. The van der Waals surface area contributed by atoms with E-state index in [1.54, 1.807) is 0 Å². The van der Waals surface area contributed by atoms with E-state index in [0.717, 1.165) is 90.6 Å². The molecule has 4 fully saturated rings. The molecule has 0 aromatic rings. The molecule has 0 aromatic heterocycles. The largest absolute Gasteiger partial charge is 0.438 e. The van der Waals surface area contributed by atoms with Crippen LogP contribution < -0.4 is 0 Å². The summed E-state index contributed by atoms with van der Waals surface area (Å²) in [6.45, 7) is 12.7.